The van der Waals surface area contributed by atoms with Crippen LogP contribution in [0.4, 0.5) is 0 Å². The molecule has 0 aliphatic rings. The number of hydrogen-bond acceptors (Lipinski definition) is 3. The first-order valence-corrected chi connectivity index (χ1v) is 5.99. The van der Waals surface area contributed by atoms with E-state index in [1.165, 1.54) is 0 Å². The lowest BCUT2D eigenvalue weighted by Gasteiger charge is -2.20. The van der Waals surface area contributed by atoms with E-state index in [1.807, 2.05) is 36.1 Å². The van der Waals surface area contributed by atoms with Crippen molar-refractivity contribution in [1.82, 2.24) is 14.9 Å². The molecule has 4 nitrogen and oxygen atoms in total. The van der Waals surface area contributed by atoms with Crippen molar-refractivity contribution >= 4 is 0 Å². The van der Waals surface area contributed by atoms with Gasteiger partial charge in [-0.05, 0) is 25.5 Å². The Morgan fingerprint density at radius 1 is 1.53 bits per heavy atom. The maximum absolute atomic E-state index is 5.50. The van der Waals surface area contributed by atoms with Crippen molar-refractivity contribution in [2.75, 3.05) is 0 Å². The van der Waals surface area contributed by atoms with Crippen LogP contribution in [0.5, 0.6) is 0 Å². The van der Waals surface area contributed by atoms with Gasteiger partial charge in [-0.2, -0.15) is 0 Å². The topological polar surface area (TPSA) is 43.0 Å². The van der Waals surface area contributed by atoms with Gasteiger partial charge in [0.05, 0.1) is 6.26 Å². The highest BCUT2D eigenvalue weighted by Gasteiger charge is 2.21. The standard InChI is InChI=1S/C13H19N3O/c1-4-10(2)15-12(11-6-5-9-17-11)13-14-7-8-16(13)3/h5-10,12,15H,4H2,1-3H3. The Bertz CT molecular complexity index is 447. The molecule has 0 aliphatic carbocycles. The third-order valence-electron chi connectivity index (χ3n) is 3.01. The minimum atomic E-state index is 0.0138. The average molecular weight is 233 g/mol. The zero-order valence-corrected chi connectivity index (χ0v) is 10.6. The number of nitrogens with zero attached hydrogens (tertiary/aromatic N) is 2. The molecule has 0 fully saturated rings. The van der Waals surface area contributed by atoms with E-state index in [4.69, 9.17) is 4.42 Å². The van der Waals surface area contributed by atoms with Crippen LogP contribution in [0.1, 0.15) is 37.9 Å². The lowest BCUT2D eigenvalue weighted by Crippen LogP contribution is -2.32. The smallest absolute Gasteiger partial charge is 0.133 e. The Morgan fingerprint density at radius 3 is 2.88 bits per heavy atom. The van der Waals surface area contributed by atoms with Crippen LogP contribution in [0.25, 0.3) is 0 Å². The first-order chi connectivity index (χ1) is 8.22. The van der Waals surface area contributed by atoms with Crippen molar-refractivity contribution in [2.24, 2.45) is 7.05 Å². The fraction of sp³-hybridized carbons (Fsp3) is 0.462. The maximum Gasteiger partial charge on any atom is 0.133 e. The SMILES string of the molecule is CCC(C)NC(c1ccco1)c1nccn1C. The van der Waals surface area contributed by atoms with Crippen molar-refractivity contribution in [3.8, 4) is 0 Å². The molecule has 2 aromatic heterocycles. The second-order valence-electron chi connectivity index (χ2n) is 4.32. The number of nitrogens with one attached hydrogen (secondary N) is 1. The number of aromatic nitrogens is 2. The highest BCUT2D eigenvalue weighted by atomic mass is 16.3. The fourth-order valence-electron chi connectivity index (χ4n) is 1.80. The predicted molar refractivity (Wildman–Crippen MR) is 66.6 cm³/mol. The van der Waals surface area contributed by atoms with Gasteiger partial charge in [0.2, 0.25) is 0 Å². The van der Waals surface area contributed by atoms with E-state index in [0.717, 1.165) is 18.0 Å². The Morgan fingerprint density at radius 2 is 2.35 bits per heavy atom. The summed E-state index contributed by atoms with van der Waals surface area (Å²) in [6.45, 7) is 4.33. The van der Waals surface area contributed by atoms with Gasteiger partial charge in [0.15, 0.2) is 0 Å². The van der Waals surface area contributed by atoms with E-state index in [2.05, 4.69) is 24.1 Å². The van der Waals surface area contributed by atoms with Gasteiger partial charge in [-0.3, -0.25) is 5.32 Å². The fourth-order valence-corrected chi connectivity index (χ4v) is 1.80. The summed E-state index contributed by atoms with van der Waals surface area (Å²) in [5.41, 5.74) is 0. The summed E-state index contributed by atoms with van der Waals surface area (Å²) in [5, 5.41) is 3.54. The van der Waals surface area contributed by atoms with Crippen LogP contribution in [-0.2, 0) is 7.05 Å². The average Bonchev–Trinajstić information content (AvgIpc) is 2.97. The van der Waals surface area contributed by atoms with Crippen LogP contribution in [-0.4, -0.2) is 15.6 Å². The molecule has 0 aliphatic heterocycles. The highest BCUT2D eigenvalue weighted by molar-refractivity contribution is 5.15. The molecule has 4 heteroatoms. The van der Waals surface area contributed by atoms with Gasteiger partial charge in [0, 0.05) is 25.5 Å². The summed E-state index contributed by atoms with van der Waals surface area (Å²) in [6, 6.07) is 4.32. The number of furan rings is 1. The van der Waals surface area contributed by atoms with Gasteiger partial charge in [-0.15, -0.1) is 0 Å². The molecule has 0 aromatic carbocycles. The quantitative estimate of drug-likeness (QED) is 0.862. The van der Waals surface area contributed by atoms with Crippen LogP contribution in [0, 0.1) is 0 Å². The minimum Gasteiger partial charge on any atom is -0.467 e. The molecule has 0 radical (unpaired) electrons. The predicted octanol–water partition coefficient (Wildman–Crippen LogP) is 2.49. The monoisotopic (exact) mass is 233 g/mol. The Hall–Kier alpha value is -1.55. The summed E-state index contributed by atoms with van der Waals surface area (Å²) >= 11 is 0. The van der Waals surface area contributed by atoms with Crippen molar-refractivity contribution < 1.29 is 4.42 Å². The summed E-state index contributed by atoms with van der Waals surface area (Å²) in [6.07, 6.45) is 6.53. The maximum atomic E-state index is 5.50. The van der Waals surface area contributed by atoms with E-state index in [1.54, 1.807) is 6.26 Å². The van der Waals surface area contributed by atoms with E-state index in [9.17, 15) is 0 Å². The molecule has 17 heavy (non-hydrogen) atoms. The first-order valence-electron chi connectivity index (χ1n) is 5.99. The molecule has 0 spiro atoms. The molecule has 2 atom stereocenters. The highest BCUT2D eigenvalue weighted by Crippen LogP contribution is 2.21. The van der Waals surface area contributed by atoms with Gasteiger partial charge in [0.1, 0.15) is 17.6 Å². The largest absolute Gasteiger partial charge is 0.467 e. The van der Waals surface area contributed by atoms with E-state index < -0.39 is 0 Å². The van der Waals surface area contributed by atoms with Crippen molar-refractivity contribution in [3.05, 3.63) is 42.4 Å². The number of aryl methyl sites for hydroxylation is 1. The van der Waals surface area contributed by atoms with Crippen molar-refractivity contribution in [1.29, 1.82) is 0 Å². The Kier molecular flexibility index (Phi) is 3.64. The lowest BCUT2D eigenvalue weighted by atomic mass is 10.1. The molecule has 0 bridgehead atoms. The first kappa shape index (κ1) is 11.9. The van der Waals surface area contributed by atoms with Gasteiger partial charge in [0.25, 0.3) is 0 Å². The second-order valence-corrected chi connectivity index (χ2v) is 4.32. The molecule has 2 unspecified atom stereocenters. The normalized spacial score (nSPS) is 14.8. The summed E-state index contributed by atoms with van der Waals surface area (Å²) < 4.78 is 7.52. The molecular weight excluding hydrogens is 214 g/mol. The van der Waals surface area contributed by atoms with Gasteiger partial charge >= 0.3 is 0 Å². The molecule has 2 heterocycles. The third kappa shape index (κ3) is 2.58. The molecule has 2 rings (SSSR count). The van der Waals surface area contributed by atoms with Crippen LogP contribution in [0.3, 0.4) is 0 Å². The number of rotatable bonds is 5. The Balaban J connectivity index is 2.28. The molecule has 92 valence electrons. The van der Waals surface area contributed by atoms with E-state index in [-0.39, 0.29) is 6.04 Å². The zero-order valence-electron chi connectivity index (χ0n) is 10.6. The number of imidazole rings is 1. The molecule has 0 saturated carbocycles. The van der Waals surface area contributed by atoms with Gasteiger partial charge in [-0.1, -0.05) is 6.92 Å². The van der Waals surface area contributed by atoms with Crippen LogP contribution in [0.15, 0.2) is 35.2 Å². The van der Waals surface area contributed by atoms with Crippen molar-refractivity contribution in [2.45, 2.75) is 32.4 Å². The minimum absolute atomic E-state index is 0.0138. The lowest BCUT2D eigenvalue weighted by molar-refractivity contribution is 0.394. The molecule has 1 N–H and O–H groups in total. The van der Waals surface area contributed by atoms with E-state index in [0.29, 0.717) is 6.04 Å². The molecule has 0 amide bonds. The van der Waals surface area contributed by atoms with Crippen LogP contribution < -0.4 is 5.32 Å². The van der Waals surface area contributed by atoms with E-state index >= 15 is 0 Å². The van der Waals surface area contributed by atoms with Gasteiger partial charge < -0.3 is 8.98 Å². The molecule has 2 aromatic rings. The number of hydrogen-bond donors (Lipinski definition) is 1. The summed E-state index contributed by atoms with van der Waals surface area (Å²) in [5.74, 6) is 1.87. The molecular formula is C13H19N3O. The second kappa shape index (κ2) is 5.19. The van der Waals surface area contributed by atoms with Crippen LogP contribution in [0.2, 0.25) is 0 Å². The zero-order chi connectivity index (χ0) is 12.3. The van der Waals surface area contributed by atoms with Gasteiger partial charge in [-0.25, -0.2) is 4.98 Å². The summed E-state index contributed by atoms with van der Waals surface area (Å²) in [4.78, 5) is 4.40. The van der Waals surface area contributed by atoms with Crippen molar-refractivity contribution in [3.63, 3.8) is 0 Å². The molecule has 0 saturated heterocycles. The Labute approximate surface area is 102 Å². The summed E-state index contributed by atoms with van der Waals surface area (Å²) in [7, 11) is 2.00. The third-order valence-corrected chi connectivity index (χ3v) is 3.01. The van der Waals surface area contributed by atoms with Crippen LogP contribution >= 0.6 is 0 Å².